The third-order valence-electron chi connectivity index (χ3n) is 2.82. The van der Waals surface area contributed by atoms with Crippen molar-refractivity contribution < 1.29 is 4.79 Å². The lowest BCUT2D eigenvalue weighted by molar-refractivity contribution is -0.122. The summed E-state index contributed by atoms with van der Waals surface area (Å²) < 4.78 is 0. The van der Waals surface area contributed by atoms with E-state index in [1.54, 1.807) is 0 Å². The molecule has 1 amide bonds. The first-order valence-corrected chi connectivity index (χ1v) is 5.27. The Hall–Kier alpha value is -0.570. The second-order valence-electron chi connectivity index (χ2n) is 3.91. The zero-order chi connectivity index (χ0) is 9.68. The Bertz CT molecular complexity index is 164. The molecular weight excluding hydrogens is 164 g/mol. The normalized spacial score (nSPS) is 20.2. The van der Waals surface area contributed by atoms with Crippen LogP contribution < -0.4 is 11.1 Å². The zero-order valence-corrected chi connectivity index (χ0v) is 8.38. The molecule has 1 rings (SSSR count). The Morgan fingerprint density at radius 2 is 2.15 bits per heavy atom. The fourth-order valence-corrected chi connectivity index (χ4v) is 1.78. The molecule has 76 valence electrons. The van der Waals surface area contributed by atoms with Gasteiger partial charge in [-0.05, 0) is 25.2 Å². The number of carbonyl (C=O) groups is 1. The predicted octanol–water partition coefficient (Wildman–Crippen LogP) is 1.03. The van der Waals surface area contributed by atoms with Gasteiger partial charge in [-0.25, -0.2) is 0 Å². The molecule has 3 heteroatoms. The smallest absolute Gasteiger partial charge is 0.236 e. The Balaban J connectivity index is 2.13. The van der Waals surface area contributed by atoms with E-state index in [4.69, 9.17) is 5.73 Å². The van der Waals surface area contributed by atoms with E-state index in [9.17, 15) is 4.79 Å². The molecule has 1 atom stereocenters. The summed E-state index contributed by atoms with van der Waals surface area (Å²) in [5, 5.41) is 2.91. The van der Waals surface area contributed by atoms with Crippen molar-refractivity contribution in [2.45, 2.75) is 45.1 Å². The van der Waals surface area contributed by atoms with Crippen LogP contribution in [0.3, 0.4) is 0 Å². The van der Waals surface area contributed by atoms with Gasteiger partial charge in [0.25, 0.3) is 0 Å². The fourth-order valence-electron chi connectivity index (χ4n) is 1.78. The summed E-state index contributed by atoms with van der Waals surface area (Å²) in [6.45, 7) is 2.76. The number of nitrogens with two attached hydrogens (primary N) is 1. The van der Waals surface area contributed by atoms with Crippen molar-refractivity contribution in [2.75, 3.05) is 6.54 Å². The van der Waals surface area contributed by atoms with Gasteiger partial charge in [-0.1, -0.05) is 19.8 Å². The lowest BCUT2D eigenvalue weighted by Gasteiger charge is -2.13. The molecule has 0 aromatic carbocycles. The van der Waals surface area contributed by atoms with Crippen LogP contribution in [0.5, 0.6) is 0 Å². The van der Waals surface area contributed by atoms with E-state index in [0.717, 1.165) is 13.0 Å². The van der Waals surface area contributed by atoms with Crippen molar-refractivity contribution in [3.63, 3.8) is 0 Å². The maximum Gasteiger partial charge on any atom is 0.236 e. The van der Waals surface area contributed by atoms with Crippen LogP contribution in [0, 0.1) is 5.92 Å². The monoisotopic (exact) mass is 184 g/mol. The highest BCUT2D eigenvalue weighted by molar-refractivity contribution is 5.81. The summed E-state index contributed by atoms with van der Waals surface area (Å²) >= 11 is 0. The molecule has 0 spiro atoms. The number of hydrogen-bond donors (Lipinski definition) is 2. The van der Waals surface area contributed by atoms with E-state index < -0.39 is 0 Å². The molecule has 0 aromatic heterocycles. The first kappa shape index (κ1) is 10.5. The highest BCUT2D eigenvalue weighted by Gasteiger charge is 2.17. The predicted molar refractivity (Wildman–Crippen MR) is 53.2 cm³/mol. The van der Waals surface area contributed by atoms with Crippen LogP contribution in [-0.4, -0.2) is 18.5 Å². The highest BCUT2D eigenvalue weighted by atomic mass is 16.2. The quantitative estimate of drug-likeness (QED) is 0.685. The Morgan fingerprint density at radius 3 is 2.69 bits per heavy atom. The molecular formula is C10H20N2O. The van der Waals surface area contributed by atoms with E-state index in [1.165, 1.54) is 25.7 Å². The summed E-state index contributed by atoms with van der Waals surface area (Å²) in [5.41, 5.74) is 5.59. The summed E-state index contributed by atoms with van der Waals surface area (Å²) in [4.78, 5) is 11.3. The van der Waals surface area contributed by atoms with Gasteiger partial charge < -0.3 is 11.1 Å². The highest BCUT2D eigenvalue weighted by Crippen LogP contribution is 2.23. The van der Waals surface area contributed by atoms with Crippen LogP contribution in [-0.2, 0) is 4.79 Å². The van der Waals surface area contributed by atoms with Crippen LogP contribution >= 0.6 is 0 Å². The number of carbonyl (C=O) groups excluding carboxylic acids is 1. The zero-order valence-electron chi connectivity index (χ0n) is 8.38. The van der Waals surface area contributed by atoms with Gasteiger partial charge in [-0.15, -0.1) is 0 Å². The minimum Gasteiger partial charge on any atom is -0.354 e. The van der Waals surface area contributed by atoms with Crippen molar-refractivity contribution in [3.05, 3.63) is 0 Å². The minimum absolute atomic E-state index is 0.00870. The van der Waals surface area contributed by atoms with Crippen LogP contribution in [0.15, 0.2) is 0 Å². The maximum atomic E-state index is 11.3. The average molecular weight is 184 g/mol. The van der Waals surface area contributed by atoms with E-state index in [1.807, 2.05) is 6.92 Å². The molecule has 0 aliphatic heterocycles. The number of hydrogen-bond acceptors (Lipinski definition) is 2. The van der Waals surface area contributed by atoms with E-state index in [0.29, 0.717) is 5.92 Å². The molecule has 3 N–H and O–H groups in total. The van der Waals surface area contributed by atoms with Gasteiger partial charge in [0.1, 0.15) is 0 Å². The Morgan fingerprint density at radius 1 is 1.54 bits per heavy atom. The van der Waals surface area contributed by atoms with E-state index in [-0.39, 0.29) is 11.9 Å². The average Bonchev–Trinajstić information content (AvgIpc) is 2.65. The molecule has 13 heavy (non-hydrogen) atoms. The fraction of sp³-hybridized carbons (Fsp3) is 0.900. The summed E-state index contributed by atoms with van der Waals surface area (Å²) in [7, 11) is 0. The van der Waals surface area contributed by atoms with Crippen molar-refractivity contribution >= 4 is 5.91 Å². The summed E-state index contributed by atoms with van der Waals surface area (Å²) in [6.07, 6.45) is 5.89. The molecule has 0 unspecified atom stereocenters. The lowest BCUT2D eigenvalue weighted by Crippen LogP contribution is -2.41. The number of nitrogens with one attached hydrogen (secondary N) is 1. The molecule has 1 fully saturated rings. The van der Waals surface area contributed by atoms with Crippen molar-refractivity contribution in [1.82, 2.24) is 5.32 Å². The Kier molecular flexibility index (Phi) is 4.22. The van der Waals surface area contributed by atoms with Crippen molar-refractivity contribution in [2.24, 2.45) is 11.7 Å². The van der Waals surface area contributed by atoms with Crippen molar-refractivity contribution in [3.8, 4) is 0 Å². The third kappa shape index (κ3) is 3.35. The molecule has 0 bridgehead atoms. The minimum atomic E-state index is -0.318. The third-order valence-corrected chi connectivity index (χ3v) is 2.82. The first-order valence-electron chi connectivity index (χ1n) is 5.27. The second-order valence-corrected chi connectivity index (χ2v) is 3.91. The standard InChI is InChI=1S/C10H20N2O/c1-2-9(11)10(13)12-7-8-5-3-4-6-8/h8-9H,2-7,11H2,1H3,(H,12,13)/t9-/m0/s1. The second kappa shape index (κ2) is 5.22. The van der Waals surface area contributed by atoms with Crippen molar-refractivity contribution in [1.29, 1.82) is 0 Å². The number of rotatable bonds is 4. The van der Waals surface area contributed by atoms with E-state index in [2.05, 4.69) is 5.32 Å². The molecule has 0 saturated heterocycles. The molecule has 1 aliphatic carbocycles. The molecule has 0 aromatic rings. The Labute approximate surface area is 80.1 Å². The molecule has 3 nitrogen and oxygen atoms in total. The van der Waals surface area contributed by atoms with Gasteiger partial charge in [0, 0.05) is 6.54 Å². The SMILES string of the molecule is CC[C@H](N)C(=O)NCC1CCCC1. The van der Waals surface area contributed by atoms with Gasteiger partial charge in [0.05, 0.1) is 6.04 Å². The van der Waals surface area contributed by atoms with Crippen LogP contribution in [0.1, 0.15) is 39.0 Å². The van der Waals surface area contributed by atoms with Crippen LogP contribution in [0.4, 0.5) is 0 Å². The van der Waals surface area contributed by atoms with Gasteiger partial charge in [-0.3, -0.25) is 4.79 Å². The lowest BCUT2D eigenvalue weighted by atomic mass is 10.1. The van der Waals surface area contributed by atoms with Gasteiger partial charge >= 0.3 is 0 Å². The molecule has 1 aliphatic rings. The first-order chi connectivity index (χ1) is 6.24. The topological polar surface area (TPSA) is 55.1 Å². The molecule has 1 saturated carbocycles. The molecule has 0 heterocycles. The van der Waals surface area contributed by atoms with Crippen LogP contribution in [0.2, 0.25) is 0 Å². The largest absolute Gasteiger partial charge is 0.354 e. The van der Waals surface area contributed by atoms with E-state index >= 15 is 0 Å². The van der Waals surface area contributed by atoms with Gasteiger partial charge in [-0.2, -0.15) is 0 Å². The van der Waals surface area contributed by atoms with Gasteiger partial charge in [0.2, 0.25) is 5.91 Å². The molecule has 0 radical (unpaired) electrons. The van der Waals surface area contributed by atoms with Gasteiger partial charge in [0.15, 0.2) is 0 Å². The number of amides is 1. The summed E-state index contributed by atoms with van der Waals surface area (Å²) in [6, 6.07) is -0.318. The summed E-state index contributed by atoms with van der Waals surface area (Å²) in [5.74, 6) is 0.711. The maximum absolute atomic E-state index is 11.3. The van der Waals surface area contributed by atoms with Crippen LogP contribution in [0.25, 0.3) is 0 Å².